The van der Waals surface area contributed by atoms with Gasteiger partial charge in [-0.15, -0.1) is 11.8 Å². The molecule has 6 nitrogen and oxygen atoms in total. The molecule has 0 saturated carbocycles. The van der Waals surface area contributed by atoms with Crippen LogP contribution in [0.25, 0.3) is 0 Å². The Bertz CT molecular complexity index is 760. The Balaban J connectivity index is 2.11. The highest BCUT2D eigenvalue weighted by atomic mass is 32.2. The van der Waals surface area contributed by atoms with E-state index in [2.05, 4.69) is 10.5 Å². The molecule has 0 saturated heterocycles. The molecule has 0 bridgehead atoms. The Hall–Kier alpha value is -2.28. The van der Waals surface area contributed by atoms with Crippen LogP contribution >= 0.6 is 11.8 Å². The number of carbonyl (C=O) groups excluding carboxylic acids is 2. The Labute approximate surface area is 164 Å². The van der Waals surface area contributed by atoms with Gasteiger partial charge in [-0.25, -0.2) is 0 Å². The number of amides is 2. The third-order valence-corrected chi connectivity index (χ3v) is 4.95. The van der Waals surface area contributed by atoms with Crippen LogP contribution in [0.3, 0.4) is 0 Å². The lowest BCUT2D eigenvalue weighted by molar-refractivity contribution is -0.121. The summed E-state index contributed by atoms with van der Waals surface area (Å²) in [6, 6.07) is 9.37. The van der Waals surface area contributed by atoms with Crippen molar-refractivity contribution >= 4 is 23.6 Å². The van der Waals surface area contributed by atoms with Crippen molar-refractivity contribution in [3.63, 3.8) is 0 Å². The normalized spacial score (nSPS) is 10.6. The van der Waals surface area contributed by atoms with E-state index < -0.39 is 0 Å². The maximum atomic E-state index is 13.1. The summed E-state index contributed by atoms with van der Waals surface area (Å²) in [5.74, 6) is 1.11. The van der Waals surface area contributed by atoms with Crippen LogP contribution in [0.15, 0.2) is 39.8 Å². The molecular weight excluding hydrogens is 362 g/mol. The molecule has 0 radical (unpaired) electrons. The van der Waals surface area contributed by atoms with Crippen molar-refractivity contribution in [1.29, 1.82) is 0 Å². The van der Waals surface area contributed by atoms with E-state index in [0.717, 1.165) is 29.2 Å². The van der Waals surface area contributed by atoms with Crippen LogP contribution in [-0.4, -0.2) is 41.5 Å². The second kappa shape index (κ2) is 10.8. The first-order chi connectivity index (χ1) is 13.0. The number of thioether (sulfide) groups is 1. The number of nitrogens with one attached hydrogen (secondary N) is 1. The molecule has 1 N–H and O–H groups in total. The van der Waals surface area contributed by atoms with Crippen molar-refractivity contribution < 1.29 is 14.1 Å². The number of hydrogen-bond acceptors (Lipinski definition) is 5. The molecule has 0 atom stereocenters. The Morgan fingerprint density at radius 2 is 2.00 bits per heavy atom. The van der Waals surface area contributed by atoms with Crippen LogP contribution < -0.4 is 5.32 Å². The van der Waals surface area contributed by atoms with Crippen LogP contribution in [0.2, 0.25) is 0 Å². The second-order valence-electron chi connectivity index (χ2n) is 6.30. The summed E-state index contributed by atoms with van der Waals surface area (Å²) in [6.45, 7) is 7.11. The van der Waals surface area contributed by atoms with Crippen LogP contribution in [0, 0.1) is 6.92 Å². The number of aryl methyl sites for hydroxylation is 1. The molecule has 1 aromatic heterocycles. The molecule has 0 aliphatic carbocycles. The Morgan fingerprint density at radius 3 is 2.67 bits per heavy atom. The lowest BCUT2D eigenvalue weighted by atomic mass is 10.2. The van der Waals surface area contributed by atoms with E-state index in [1.54, 1.807) is 4.90 Å². The van der Waals surface area contributed by atoms with Crippen LogP contribution in [0.5, 0.6) is 0 Å². The van der Waals surface area contributed by atoms with Crippen LogP contribution in [-0.2, 0) is 10.5 Å². The van der Waals surface area contributed by atoms with Gasteiger partial charge in [0.15, 0.2) is 0 Å². The second-order valence-corrected chi connectivity index (χ2v) is 7.31. The molecule has 0 aliphatic heterocycles. The van der Waals surface area contributed by atoms with Gasteiger partial charge in [0.25, 0.3) is 5.91 Å². The molecule has 1 aromatic carbocycles. The van der Waals surface area contributed by atoms with Gasteiger partial charge in [-0.3, -0.25) is 9.59 Å². The Kier molecular flexibility index (Phi) is 8.39. The Morgan fingerprint density at radius 1 is 1.22 bits per heavy atom. The van der Waals surface area contributed by atoms with Gasteiger partial charge in [0.1, 0.15) is 5.76 Å². The van der Waals surface area contributed by atoms with Gasteiger partial charge in [-0.1, -0.05) is 31.1 Å². The zero-order chi connectivity index (χ0) is 19.6. The third kappa shape index (κ3) is 6.43. The third-order valence-electron chi connectivity index (χ3n) is 3.85. The summed E-state index contributed by atoms with van der Waals surface area (Å²) in [4.78, 5) is 27.6. The average Bonchev–Trinajstić information content (AvgIpc) is 3.09. The number of benzene rings is 1. The van der Waals surface area contributed by atoms with Crippen molar-refractivity contribution in [2.45, 2.75) is 44.3 Å². The van der Waals surface area contributed by atoms with Gasteiger partial charge < -0.3 is 14.7 Å². The number of aromatic nitrogens is 1. The van der Waals surface area contributed by atoms with Gasteiger partial charge >= 0.3 is 0 Å². The first-order valence-corrected chi connectivity index (χ1v) is 10.2. The van der Waals surface area contributed by atoms with Crippen molar-refractivity contribution in [2.75, 3.05) is 19.6 Å². The highest BCUT2D eigenvalue weighted by Crippen LogP contribution is 2.27. The average molecular weight is 390 g/mol. The fraction of sp³-hybridized carbons (Fsp3) is 0.450. The van der Waals surface area contributed by atoms with E-state index >= 15 is 0 Å². The van der Waals surface area contributed by atoms with Gasteiger partial charge in [0.05, 0.1) is 23.6 Å². The minimum Gasteiger partial charge on any atom is -0.360 e. The SMILES string of the molecule is CCCNC(=O)CN(CCC)C(=O)c1ccccc1SCc1cc(C)no1. The zero-order valence-corrected chi connectivity index (χ0v) is 17.0. The number of carbonyl (C=O) groups is 2. The summed E-state index contributed by atoms with van der Waals surface area (Å²) < 4.78 is 5.24. The number of rotatable bonds is 10. The lowest BCUT2D eigenvalue weighted by Gasteiger charge is -2.22. The predicted octanol–water partition coefficient (Wildman–Crippen LogP) is 3.65. The van der Waals surface area contributed by atoms with E-state index in [9.17, 15) is 9.59 Å². The molecule has 0 unspecified atom stereocenters. The van der Waals surface area contributed by atoms with Crippen LogP contribution in [0.1, 0.15) is 48.5 Å². The summed E-state index contributed by atoms with van der Waals surface area (Å²) in [6.07, 6.45) is 1.66. The monoisotopic (exact) mass is 389 g/mol. The fourth-order valence-corrected chi connectivity index (χ4v) is 3.51. The van der Waals surface area contributed by atoms with E-state index in [0.29, 0.717) is 24.4 Å². The van der Waals surface area contributed by atoms with Gasteiger partial charge in [-0.2, -0.15) is 0 Å². The van der Waals surface area contributed by atoms with Crippen molar-refractivity contribution in [2.24, 2.45) is 0 Å². The lowest BCUT2D eigenvalue weighted by Crippen LogP contribution is -2.41. The standard InChI is InChI=1S/C20H27N3O3S/c1-4-10-21-19(24)13-23(11-5-2)20(25)17-8-6-7-9-18(17)27-14-16-12-15(3)22-26-16/h6-9,12H,4-5,10-11,13-14H2,1-3H3,(H,21,24). The molecule has 27 heavy (non-hydrogen) atoms. The fourth-order valence-electron chi connectivity index (χ4n) is 2.59. The first kappa shape index (κ1) is 21.0. The molecule has 2 amide bonds. The summed E-state index contributed by atoms with van der Waals surface area (Å²) in [7, 11) is 0. The highest BCUT2D eigenvalue weighted by Gasteiger charge is 2.21. The molecule has 2 rings (SSSR count). The van der Waals surface area contributed by atoms with Crippen LogP contribution in [0.4, 0.5) is 0 Å². The van der Waals surface area contributed by atoms with E-state index in [1.807, 2.05) is 51.1 Å². The van der Waals surface area contributed by atoms with Crippen molar-refractivity contribution in [1.82, 2.24) is 15.4 Å². The summed E-state index contributed by atoms with van der Waals surface area (Å²) in [5, 5.41) is 6.72. The smallest absolute Gasteiger partial charge is 0.255 e. The maximum Gasteiger partial charge on any atom is 0.255 e. The number of nitrogens with zero attached hydrogens (tertiary/aromatic N) is 2. The molecule has 146 valence electrons. The first-order valence-electron chi connectivity index (χ1n) is 9.25. The molecule has 0 fully saturated rings. The van der Waals surface area contributed by atoms with Crippen molar-refractivity contribution in [3.05, 3.63) is 47.3 Å². The molecule has 0 spiro atoms. The minimum atomic E-state index is -0.125. The zero-order valence-electron chi connectivity index (χ0n) is 16.2. The summed E-state index contributed by atoms with van der Waals surface area (Å²) >= 11 is 1.53. The quantitative estimate of drug-likeness (QED) is 0.628. The predicted molar refractivity (Wildman–Crippen MR) is 107 cm³/mol. The van der Waals surface area contributed by atoms with E-state index in [4.69, 9.17) is 4.52 Å². The van der Waals surface area contributed by atoms with Gasteiger partial charge in [-0.05, 0) is 31.9 Å². The molecule has 2 aromatic rings. The molecule has 1 heterocycles. The number of hydrogen-bond donors (Lipinski definition) is 1. The maximum absolute atomic E-state index is 13.1. The summed E-state index contributed by atoms with van der Waals surface area (Å²) in [5.41, 5.74) is 1.44. The molecule has 7 heteroatoms. The van der Waals surface area contributed by atoms with Gasteiger partial charge in [0.2, 0.25) is 5.91 Å². The molecule has 0 aliphatic rings. The largest absolute Gasteiger partial charge is 0.360 e. The molecular formula is C20H27N3O3S. The van der Waals surface area contributed by atoms with E-state index in [-0.39, 0.29) is 18.4 Å². The van der Waals surface area contributed by atoms with Crippen molar-refractivity contribution in [3.8, 4) is 0 Å². The van der Waals surface area contributed by atoms with E-state index in [1.165, 1.54) is 11.8 Å². The minimum absolute atomic E-state index is 0.0764. The highest BCUT2D eigenvalue weighted by molar-refractivity contribution is 7.98. The topological polar surface area (TPSA) is 75.4 Å². The van der Waals surface area contributed by atoms with Gasteiger partial charge in [0, 0.05) is 24.1 Å².